The SMILES string of the molecule is CCC(CC(O)COC(C)C)C(C)=O. The van der Waals surface area contributed by atoms with Crippen molar-refractivity contribution in [3.05, 3.63) is 0 Å². The van der Waals surface area contributed by atoms with E-state index >= 15 is 0 Å². The average molecular weight is 202 g/mol. The zero-order valence-electron chi connectivity index (χ0n) is 9.62. The fourth-order valence-corrected chi connectivity index (χ4v) is 1.32. The maximum atomic E-state index is 11.1. The van der Waals surface area contributed by atoms with Crippen molar-refractivity contribution < 1.29 is 14.6 Å². The Bertz CT molecular complexity index is 166. The van der Waals surface area contributed by atoms with Crippen LogP contribution in [0.25, 0.3) is 0 Å². The van der Waals surface area contributed by atoms with Gasteiger partial charge in [-0.3, -0.25) is 4.79 Å². The van der Waals surface area contributed by atoms with Crippen molar-refractivity contribution in [2.45, 2.75) is 52.7 Å². The Hall–Kier alpha value is -0.410. The van der Waals surface area contributed by atoms with E-state index in [0.717, 1.165) is 6.42 Å². The zero-order chi connectivity index (χ0) is 11.1. The largest absolute Gasteiger partial charge is 0.391 e. The molecule has 3 nitrogen and oxygen atoms in total. The molecule has 0 aromatic rings. The van der Waals surface area contributed by atoms with Crippen molar-refractivity contribution in [2.24, 2.45) is 5.92 Å². The smallest absolute Gasteiger partial charge is 0.132 e. The molecule has 0 amide bonds. The number of aliphatic hydroxyl groups is 1. The van der Waals surface area contributed by atoms with E-state index in [2.05, 4.69) is 0 Å². The average Bonchev–Trinajstić information content (AvgIpc) is 2.10. The fraction of sp³-hybridized carbons (Fsp3) is 0.909. The Labute approximate surface area is 86.5 Å². The molecule has 0 aliphatic carbocycles. The molecule has 0 spiro atoms. The van der Waals surface area contributed by atoms with Gasteiger partial charge in [0.2, 0.25) is 0 Å². The number of hydrogen-bond donors (Lipinski definition) is 1. The molecular formula is C11H22O3. The van der Waals surface area contributed by atoms with Gasteiger partial charge in [-0.05, 0) is 33.6 Å². The highest BCUT2D eigenvalue weighted by Gasteiger charge is 2.17. The van der Waals surface area contributed by atoms with Gasteiger partial charge in [0.05, 0.1) is 18.8 Å². The van der Waals surface area contributed by atoms with Crippen molar-refractivity contribution in [1.29, 1.82) is 0 Å². The van der Waals surface area contributed by atoms with Gasteiger partial charge in [-0.2, -0.15) is 0 Å². The summed E-state index contributed by atoms with van der Waals surface area (Å²) in [5, 5.41) is 9.57. The van der Waals surface area contributed by atoms with E-state index in [1.54, 1.807) is 6.92 Å². The minimum Gasteiger partial charge on any atom is -0.391 e. The summed E-state index contributed by atoms with van der Waals surface area (Å²) in [6.45, 7) is 7.71. The van der Waals surface area contributed by atoms with E-state index in [1.165, 1.54) is 0 Å². The second-order valence-electron chi connectivity index (χ2n) is 3.99. The summed E-state index contributed by atoms with van der Waals surface area (Å²) < 4.78 is 5.27. The molecule has 1 N–H and O–H groups in total. The summed E-state index contributed by atoms with van der Waals surface area (Å²) in [5.41, 5.74) is 0. The number of carbonyl (C=O) groups excluding carboxylic acids is 1. The van der Waals surface area contributed by atoms with Crippen LogP contribution in [0, 0.1) is 5.92 Å². The minimum absolute atomic E-state index is 0.0271. The van der Waals surface area contributed by atoms with Gasteiger partial charge in [-0.1, -0.05) is 6.92 Å². The van der Waals surface area contributed by atoms with Gasteiger partial charge in [-0.15, -0.1) is 0 Å². The van der Waals surface area contributed by atoms with Crippen LogP contribution in [0.5, 0.6) is 0 Å². The third-order valence-electron chi connectivity index (χ3n) is 2.25. The molecule has 0 fully saturated rings. The second-order valence-corrected chi connectivity index (χ2v) is 3.99. The molecule has 0 radical (unpaired) electrons. The molecule has 0 saturated heterocycles. The molecule has 0 rings (SSSR count). The van der Waals surface area contributed by atoms with Gasteiger partial charge >= 0.3 is 0 Å². The highest BCUT2D eigenvalue weighted by atomic mass is 16.5. The summed E-state index contributed by atoms with van der Waals surface area (Å²) in [5.74, 6) is 0.122. The lowest BCUT2D eigenvalue weighted by Crippen LogP contribution is -2.24. The number of Topliss-reactive ketones (excluding diaryl/α,β-unsaturated/α-hetero) is 1. The van der Waals surface area contributed by atoms with Gasteiger partial charge in [-0.25, -0.2) is 0 Å². The highest BCUT2D eigenvalue weighted by Crippen LogP contribution is 2.12. The predicted octanol–water partition coefficient (Wildman–Crippen LogP) is 1.78. The normalized spacial score (nSPS) is 15.6. The Kier molecular flexibility index (Phi) is 6.75. The van der Waals surface area contributed by atoms with Gasteiger partial charge in [0.25, 0.3) is 0 Å². The minimum atomic E-state index is -0.522. The van der Waals surface area contributed by atoms with Crippen molar-refractivity contribution in [1.82, 2.24) is 0 Å². The summed E-state index contributed by atoms with van der Waals surface area (Å²) in [6.07, 6.45) is 0.903. The number of aliphatic hydroxyl groups excluding tert-OH is 1. The van der Waals surface area contributed by atoms with Crippen LogP contribution < -0.4 is 0 Å². The number of ketones is 1. The number of rotatable bonds is 7. The van der Waals surface area contributed by atoms with E-state index in [4.69, 9.17) is 4.74 Å². The third kappa shape index (κ3) is 6.11. The predicted molar refractivity (Wildman–Crippen MR) is 56.2 cm³/mol. The van der Waals surface area contributed by atoms with Gasteiger partial charge in [0.15, 0.2) is 0 Å². The van der Waals surface area contributed by atoms with Crippen LogP contribution >= 0.6 is 0 Å². The van der Waals surface area contributed by atoms with E-state index < -0.39 is 6.10 Å². The van der Waals surface area contributed by atoms with E-state index in [-0.39, 0.29) is 17.8 Å². The maximum Gasteiger partial charge on any atom is 0.132 e. The Morgan fingerprint density at radius 1 is 1.43 bits per heavy atom. The third-order valence-corrected chi connectivity index (χ3v) is 2.25. The quantitative estimate of drug-likeness (QED) is 0.684. The molecule has 14 heavy (non-hydrogen) atoms. The Morgan fingerprint density at radius 3 is 2.36 bits per heavy atom. The lowest BCUT2D eigenvalue weighted by molar-refractivity contribution is -0.122. The summed E-state index contributed by atoms with van der Waals surface area (Å²) in [4.78, 5) is 11.1. The van der Waals surface area contributed by atoms with E-state index in [1.807, 2.05) is 20.8 Å². The lowest BCUT2D eigenvalue weighted by Gasteiger charge is -2.17. The van der Waals surface area contributed by atoms with Gasteiger partial charge < -0.3 is 9.84 Å². The zero-order valence-corrected chi connectivity index (χ0v) is 9.62. The Balaban J connectivity index is 3.79. The van der Waals surface area contributed by atoms with E-state index in [9.17, 15) is 9.90 Å². The molecule has 84 valence electrons. The lowest BCUT2D eigenvalue weighted by atomic mass is 9.95. The first-order valence-electron chi connectivity index (χ1n) is 5.27. The first-order valence-corrected chi connectivity index (χ1v) is 5.27. The van der Waals surface area contributed by atoms with Crippen LogP contribution in [0.2, 0.25) is 0 Å². The monoisotopic (exact) mass is 202 g/mol. The van der Waals surface area contributed by atoms with Crippen LogP contribution in [-0.4, -0.2) is 29.7 Å². The van der Waals surface area contributed by atoms with Crippen LogP contribution in [0.3, 0.4) is 0 Å². The van der Waals surface area contributed by atoms with Gasteiger partial charge in [0, 0.05) is 5.92 Å². The summed E-state index contributed by atoms with van der Waals surface area (Å²) in [7, 11) is 0. The molecule has 0 aliphatic heterocycles. The van der Waals surface area contributed by atoms with Crippen molar-refractivity contribution in [3.63, 3.8) is 0 Å². The second kappa shape index (κ2) is 6.96. The molecular weight excluding hydrogens is 180 g/mol. The summed E-state index contributed by atoms with van der Waals surface area (Å²) in [6, 6.07) is 0. The molecule has 0 aromatic carbocycles. The van der Waals surface area contributed by atoms with Crippen molar-refractivity contribution in [2.75, 3.05) is 6.61 Å². The van der Waals surface area contributed by atoms with Crippen LogP contribution in [0.4, 0.5) is 0 Å². The molecule has 2 atom stereocenters. The van der Waals surface area contributed by atoms with E-state index in [0.29, 0.717) is 13.0 Å². The Morgan fingerprint density at radius 2 is 2.00 bits per heavy atom. The topological polar surface area (TPSA) is 46.5 Å². The number of ether oxygens (including phenoxy) is 1. The van der Waals surface area contributed by atoms with Crippen LogP contribution in [0.15, 0.2) is 0 Å². The first kappa shape index (κ1) is 13.6. The fourth-order valence-electron chi connectivity index (χ4n) is 1.32. The van der Waals surface area contributed by atoms with Crippen LogP contribution in [-0.2, 0) is 9.53 Å². The number of carbonyl (C=O) groups is 1. The molecule has 0 aliphatic rings. The molecule has 3 heteroatoms. The standard InChI is InChI=1S/C11H22O3/c1-5-10(9(4)12)6-11(13)7-14-8(2)3/h8,10-11,13H,5-7H2,1-4H3. The molecule has 0 bridgehead atoms. The molecule has 2 unspecified atom stereocenters. The molecule has 0 heterocycles. The van der Waals surface area contributed by atoms with Crippen molar-refractivity contribution in [3.8, 4) is 0 Å². The molecule has 0 aromatic heterocycles. The maximum absolute atomic E-state index is 11.1. The molecule has 0 saturated carbocycles. The van der Waals surface area contributed by atoms with Gasteiger partial charge in [0.1, 0.15) is 5.78 Å². The first-order chi connectivity index (χ1) is 6.47. The number of hydrogen-bond acceptors (Lipinski definition) is 3. The van der Waals surface area contributed by atoms with Crippen molar-refractivity contribution >= 4 is 5.78 Å². The highest BCUT2D eigenvalue weighted by molar-refractivity contribution is 5.78. The summed E-state index contributed by atoms with van der Waals surface area (Å²) >= 11 is 0. The van der Waals surface area contributed by atoms with Crippen LogP contribution in [0.1, 0.15) is 40.5 Å².